The van der Waals surface area contributed by atoms with Gasteiger partial charge < -0.3 is 24.6 Å². The maximum Gasteiger partial charge on any atom is 0.416 e. The first kappa shape index (κ1) is 24.4. The number of rotatable bonds is 6. The van der Waals surface area contributed by atoms with Crippen LogP contribution < -0.4 is 10.6 Å². The van der Waals surface area contributed by atoms with Gasteiger partial charge in [-0.1, -0.05) is 17.4 Å². The summed E-state index contributed by atoms with van der Waals surface area (Å²) in [5.74, 6) is 0.336. The SMILES string of the molecule is Cn1c(Nc2nc3ccc(C(F)(F)F)cc3s2)nc2cc(C(O)NCC(=O)N3CCOCC3)ccc21. The molecule has 1 aliphatic heterocycles. The van der Waals surface area contributed by atoms with Gasteiger partial charge in [0.2, 0.25) is 11.9 Å². The lowest BCUT2D eigenvalue weighted by atomic mass is 10.1. The number of aryl methyl sites for hydroxylation is 1. The lowest BCUT2D eigenvalue weighted by molar-refractivity contribution is -0.137. The fraction of sp³-hybridized carbons (Fsp3) is 0.348. The third-order valence-electron chi connectivity index (χ3n) is 5.97. The van der Waals surface area contributed by atoms with Crippen LogP contribution in [0.3, 0.4) is 0 Å². The fourth-order valence-electron chi connectivity index (χ4n) is 3.98. The number of nitrogens with one attached hydrogen (secondary N) is 2. The highest BCUT2D eigenvalue weighted by Crippen LogP contribution is 2.35. The summed E-state index contributed by atoms with van der Waals surface area (Å²) in [5.41, 5.74) is 1.65. The second kappa shape index (κ2) is 9.65. The number of alkyl halides is 3. The molecule has 1 saturated heterocycles. The summed E-state index contributed by atoms with van der Waals surface area (Å²) < 4.78 is 46.5. The Hall–Kier alpha value is -3.26. The number of aromatic nitrogens is 3. The zero-order chi connectivity index (χ0) is 25.4. The van der Waals surface area contributed by atoms with Crippen LogP contribution in [-0.4, -0.2) is 63.3 Å². The molecule has 0 bridgehead atoms. The van der Waals surface area contributed by atoms with Gasteiger partial charge in [-0.2, -0.15) is 13.2 Å². The Balaban J connectivity index is 1.30. The van der Waals surface area contributed by atoms with Crippen molar-refractivity contribution >= 4 is 49.6 Å². The van der Waals surface area contributed by atoms with E-state index in [-0.39, 0.29) is 12.5 Å². The summed E-state index contributed by atoms with van der Waals surface area (Å²) in [7, 11) is 1.79. The van der Waals surface area contributed by atoms with Crippen LogP contribution in [0.5, 0.6) is 0 Å². The molecule has 4 aromatic rings. The number of hydrogen-bond acceptors (Lipinski definition) is 8. The van der Waals surface area contributed by atoms with Crippen molar-refractivity contribution in [2.24, 2.45) is 7.05 Å². The van der Waals surface area contributed by atoms with Crippen molar-refractivity contribution in [1.29, 1.82) is 0 Å². The molecule has 1 fully saturated rings. The number of halogens is 3. The predicted octanol–water partition coefficient (Wildman–Crippen LogP) is 3.38. The molecule has 13 heteroatoms. The van der Waals surface area contributed by atoms with E-state index < -0.39 is 18.0 Å². The van der Waals surface area contributed by atoms with E-state index in [0.717, 1.165) is 29.0 Å². The summed E-state index contributed by atoms with van der Waals surface area (Å²) >= 11 is 1.10. The Morgan fingerprint density at radius 1 is 1.17 bits per heavy atom. The van der Waals surface area contributed by atoms with Gasteiger partial charge in [-0.25, -0.2) is 9.97 Å². The molecule has 0 spiro atoms. The molecular weight excluding hydrogens is 497 g/mol. The van der Waals surface area contributed by atoms with E-state index in [0.29, 0.717) is 58.7 Å². The number of carbonyl (C=O) groups is 1. The van der Waals surface area contributed by atoms with Crippen LogP contribution in [0.2, 0.25) is 0 Å². The Morgan fingerprint density at radius 2 is 1.94 bits per heavy atom. The Morgan fingerprint density at radius 3 is 2.69 bits per heavy atom. The molecule has 1 unspecified atom stereocenters. The normalized spacial score (nSPS) is 15.5. The van der Waals surface area contributed by atoms with Gasteiger partial charge in [-0.05, 0) is 35.9 Å². The molecule has 1 atom stereocenters. The molecule has 2 aromatic heterocycles. The Kier molecular flexibility index (Phi) is 6.55. The number of ether oxygens (including phenoxy) is 1. The molecule has 0 radical (unpaired) electrons. The molecule has 36 heavy (non-hydrogen) atoms. The summed E-state index contributed by atoms with van der Waals surface area (Å²) in [6.07, 6.45) is -5.49. The van der Waals surface area contributed by atoms with Crippen molar-refractivity contribution in [1.82, 2.24) is 24.8 Å². The van der Waals surface area contributed by atoms with Gasteiger partial charge in [0.05, 0.1) is 46.6 Å². The average Bonchev–Trinajstić information content (AvgIpc) is 3.41. The number of nitrogens with zero attached hydrogens (tertiary/aromatic N) is 4. The molecule has 1 amide bonds. The zero-order valence-corrected chi connectivity index (χ0v) is 20.0. The number of carbonyl (C=O) groups excluding carboxylic acids is 1. The lowest BCUT2D eigenvalue weighted by Gasteiger charge is -2.27. The maximum absolute atomic E-state index is 13.0. The number of aliphatic hydroxyl groups is 1. The number of hydrogen-bond donors (Lipinski definition) is 3. The van der Waals surface area contributed by atoms with Crippen LogP contribution in [-0.2, 0) is 22.8 Å². The highest BCUT2D eigenvalue weighted by Gasteiger charge is 2.30. The molecule has 3 N–H and O–H groups in total. The van der Waals surface area contributed by atoms with Crippen LogP contribution in [0.15, 0.2) is 36.4 Å². The fourth-order valence-corrected chi connectivity index (χ4v) is 4.87. The number of morpholine rings is 1. The summed E-state index contributed by atoms with van der Waals surface area (Å²) in [6, 6.07) is 8.69. The number of benzene rings is 2. The first-order chi connectivity index (χ1) is 17.2. The molecular formula is C23H23F3N6O3S. The first-order valence-corrected chi connectivity index (χ1v) is 12.0. The number of aliphatic hydroxyl groups excluding tert-OH is 1. The third-order valence-corrected chi connectivity index (χ3v) is 6.90. The Labute approximate surface area is 207 Å². The number of fused-ring (bicyclic) bond motifs is 2. The van der Waals surface area contributed by atoms with Crippen molar-refractivity contribution in [3.8, 4) is 0 Å². The molecule has 2 aromatic carbocycles. The Bertz CT molecular complexity index is 1410. The summed E-state index contributed by atoms with van der Waals surface area (Å²) in [4.78, 5) is 22.9. The molecule has 190 valence electrons. The van der Waals surface area contributed by atoms with E-state index in [1.54, 1.807) is 34.7 Å². The van der Waals surface area contributed by atoms with E-state index >= 15 is 0 Å². The highest BCUT2D eigenvalue weighted by atomic mass is 32.1. The molecule has 0 aliphatic carbocycles. The zero-order valence-electron chi connectivity index (χ0n) is 19.2. The minimum absolute atomic E-state index is 0.0120. The van der Waals surface area contributed by atoms with Gasteiger partial charge in [-0.15, -0.1) is 0 Å². The third kappa shape index (κ3) is 5.00. The maximum atomic E-state index is 13.0. The van der Waals surface area contributed by atoms with Gasteiger partial charge in [0.25, 0.3) is 0 Å². The quantitative estimate of drug-likeness (QED) is 0.335. The average molecular weight is 521 g/mol. The van der Waals surface area contributed by atoms with Crippen LogP contribution in [0.4, 0.5) is 24.3 Å². The van der Waals surface area contributed by atoms with Crippen molar-refractivity contribution in [3.63, 3.8) is 0 Å². The minimum atomic E-state index is -4.42. The number of imidazole rings is 1. The second-order valence-corrected chi connectivity index (χ2v) is 9.37. The summed E-state index contributed by atoms with van der Waals surface area (Å²) in [5, 5.41) is 16.9. The van der Waals surface area contributed by atoms with E-state index in [9.17, 15) is 23.1 Å². The largest absolute Gasteiger partial charge is 0.416 e. The van der Waals surface area contributed by atoms with Crippen molar-refractivity contribution in [3.05, 3.63) is 47.5 Å². The molecule has 5 rings (SSSR count). The smallest absolute Gasteiger partial charge is 0.378 e. The molecule has 9 nitrogen and oxygen atoms in total. The minimum Gasteiger partial charge on any atom is -0.378 e. The van der Waals surface area contributed by atoms with Crippen LogP contribution in [0.25, 0.3) is 21.3 Å². The number of anilines is 2. The lowest BCUT2D eigenvalue weighted by Crippen LogP contribution is -2.45. The van der Waals surface area contributed by atoms with Gasteiger partial charge in [0, 0.05) is 20.1 Å². The van der Waals surface area contributed by atoms with Crippen LogP contribution in [0, 0.1) is 0 Å². The van der Waals surface area contributed by atoms with Crippen LogP contribution in [0.1, 0.15) is 17.4 Å². The van der Waals surface area contributed by atoms with Crippen molar-refractivity contribution < 1.29 is 27.8 Å². The molecule has 0 saturated carbocycles. The van der Waals surface area contributed by atoms with E-state index in [4.69, 9.17) is 4.74 Å². The van der Waals surface area contributed by atoms with Gasteiger partial charge in [-0.3, -0.25) is 10.1 Å². The van der Waals surface area contributed by atoms with Gasteiger partial charge in [0.1, 0.15) is 6.23 Å². The number of amides is 1. The summed E-state index contributed by atoms with van der Waals surface area (Å²) in [6.45, 7) is 2.07. The monoisotopic (exact) mass is 520 g/mol. The van der Waals surface area contributed by atoms with Crippen LogP contribution >= 0.6 is 11.3 Å². The van der Waals surface area contributed by atoms with Crippen molar-refractivity contribution in [2.45, 2.75) is 12.4 Å². The topological polar surface area (TPSA) is 105 Å². The first-order valence-electron chi connectivity index (χ1n) is 11.2. The molecule has 1 aliphatic rings. The molecule has 3 heterocycles. The van der Waals surface area contributed by atoms with Gasteiger partial charge >= 0.3 is 6.18 Å². The predicted molar refractivity (Wildman–Crippen MR) is 129 cm³/mol. The van der Waals surface area contributed by atoms with E-state index in [1.807, 2.05) is 0 Å². The van der Waals surface area contributed by atoms with E-state index in [2.05, 4.69) is 20.6 Å². The number of thiazole rings is 1. The van der Waals surface area contributed by atoms with Gasteiger partial charge in [0.15, 0.2) is 5.13 Å². The van der Waals surface area contributed by atoms with Crippen molar-refractivity contribution in [2.75, 3.05) is 38.2 Å². The highest BCUT2D eigenvalue weighted by molar-refractivity contribution is 7.22. The second-order valence-electron chi connectivity index (χ2n) is 8.34. The van der Waals surface area contributed by atoms with E-state index in [1.165, 1.54) is 6.07 Å². The standard InChI is InChI=1S/C23H23F3N6O3S/c1-31-17-5-2-13(20(34)27-12-19(33)32-6-8-35-9-7-32)10-16(17)28-21(31)30-22-29-15-4-3-14(23(24,25)26)11-18(15)36-22/h2-5,10-11,20,27,34H,6-9,12H2,1H3,(H,28,29,30).